The van der Waals surface area contributed by atoms with Crippen molar-refractivity contribution in [3.8, 4) is 0 Å². The molecule has 3 unspecified atom stereocenters. The lowest BCUT2D eigenvalue weighted by atomic mass is 9.68. The van der Waals surface area contributed by atoms with Crippen LogP contribution in [-0.2, 0) is 4.79 Å². The SMILES string of the molecule is CC12CCC(C1)C(C)(C)C2NC(=O)C1(N)CCCCC1. The maximum atomic E-state index is 12.7. The summed E-state index contributed by atoms with van der Waals surface area (Å²) in [4.78, 5) is 12.7. The molecule has 3 rings (SSSR count). The van der Waals surface area contributed by atoms with Crippen LogP contribution in [0.5, 0.6) is 0 Å². The molecule has 20 heavy (non-hydrogen) atoms. The Hall–Kier alpha value is -0.570. The summed E-state index contributed by atoms with van der Waals surface area (Å²) >= 11 is 0. The number of hydrogen-bond acceptors (Lipinski definition) is 2. The topological polar surface area (TPSA) is 55.1 Å². The van der Waals surface area contributed by atoms with E-state index in [1.807, 2.05) is 0 Å². The molecule has 3 aliphatic rings. The Morgan fingerprint density at radius 2 is 1.75 bits per heavy atom. The largest absolute Gasteiger partial charge is 0.351 e. The molecule has 3 aliphatic carbocycles. The standard InChI is InChI=1S/C17H30N2O/c1-15(2)12-7-10-16(3,11-12)13(15)19-14(20)17(18)8-5-4-6-9-17/h12-13H,4-11,18H2,1-3H3,(H,19,20). The smallest absolute Gasteiger partial charge is 0.240 e. The molecule has 0 aromatic heterocycles. The van der Waals surface area contributed by atoms with Crippen LogP contribution < -0.4 is 11.1 Å². The first-order chi connectivity index (χ1) is 9.28. The highest BCUT2D eigenvalue weighted by molar-refractivity contribution is 5.86. The Kier molecular flexibility index (Phi) is 3.20. The Morgan fingerprint density at radius 3 is 2.30 bits per heavy atom. The van der Waals surface area contributed by atoms with Gasteiger partial charge in [-0.1, -0.05) is 40.0 Å². The summed E-state index contributed by atoms with van der Waals surface area (Å²) in [6.45, 7) is 7.02. The van der Waals surface area contributed by atoms with Crippen molar-refractivity contribution in [3.05, 3.63) is 0 Å². The van der Waals surface area contributed by atoms with Gasteiger partial charge in [-0.25, -0.2) is 0 Å². The van der Waals surface area contributed by atoms with Crippen molar-refractivity contribution in [1.29, 1.82) is 0 Å². The minimum atomic E-state index is -0.605. The predicted octanol–water partition coefficient (Wildman–Crippen LogP) is 2.98. The molecule has 0 radical (unpaired) electrons. The van der Waals surface area contributed by atoms with Gasteiger partial charge >= 0.3 is 0 Å². The second kappa shape index (κ2) is 4.46. The molecule has 3 heteroatoms. The molecular weight excluding hydrogens is 248 g/mol. The number of amides is 1. The molecule has 114 valence electrons. The van der Waals surface area contributed by atoms with Gasteiger partial charge in [0.25, 0.3) is 0 Å². The lowest BCUT2D eigenvalue weighted by Crippen LogP contribution is -2.61. The number of nitrogens with one attached hydrogen (secondary N) is 1. The van der Waals surface area contributed by atoms with E-state index in [2.05, 4.69) is 26.1 Å². The van der Waals surface area contributed by atoms with Crippen LogP contribution in [0.2, 0.25) is 0 Å². The first-order valence-corrected chi connectivity index (χ1v) is 8.38. The first kappa shape index (κ1) is 14.4. The van der Waals surface area contributed by atoms with Crippen molar-refractivity contribution >= 4 is 5.91 Å². The monoisotopic (exact) mass is 278 g/mol. The third-order valence-electron chi connectivity index (χ3n) is 6.74. The molecule has 2 bridgehead atoms. The van der Waals surface area contributed by atoms with Crippen LogP contribution in [-0.4, -0.2) is 17.5 Å². The molecular formula is C17H30N2O. The minimum absolute atomic E-state index is 0.115. The highest BCUT2D eigenvalue weighted by Gasteiger charge is 2.60. The van der Waals surface area contributed by atoms with Crippen LogP contribution in [0.15, 0.2) is 0 Å². The Bertz CT molecular complexity index is 406. The molecule has 3 saturated carbocycles. The van der Waals surface area contributed by atoms with Crippen LogP contribution in [0.25, 0.3) is 0 Å². The molecule has 1 amide bonds. The van der Waals surface area contributed by atoms with E-state index in [9.17, 15) is 4.79 Å². The number of carbonyl (C=O) groups excluding carboxylic acids is 1. The fraction of sp³-hybridized carbons (Fsp3) is 0.941. The van der Waals surface area contributed by atoms with Crippen molar-refractivity contribution in [2.45, 2.75) is 83.7 Å². The molecule has 0 aliphatic heterocycles. The van der Waals surface area contributed by atoms with Gasteiger partial charge in [0, 0.05) is 6.04 Å². The third kappa shape index (κ3) is 2.01. The second-order valence-corrected chi connectivity index (χ2v) is 8.54. The van der Waals surface area contributed by atoms with Gasteiger partial charge in [-0.3, -0.25) is 4.79 Å². The summed E-state index contributed by atoms with van der Waals surface area (Å²) in [5.74, 6) is 0.877. The normalized spacial score (nSPS) is 41.6. The van der Waals surface area contributed by atoms with Crippen molar-refractivity contribution in [3.63, 3.8) is 0 Å². The fourth-order valence-electron chi connectivity index (χ4n) is 5.35. The number of fused-ring (bicyclic) bond motifs is 2. The molecule has 3 atom stereocenters. The van der Waals surface area contributed by atoms with Crippen molar-refractivity contribution < 1.29 is 4.79 Å². The van der Waals surface area contributed by atoms with Gasteiger partial charge in [0.15, 0.2) is 0 Å². The Labute approximate surface area is 123 Å². The zero-order valence-corrected chi connectivity index (χ0v) is 13.3. The molecule has 0 aromatic rings. The third-order valence-corrected chi connectivity index (χ3v) is 6.74. The van der Waals surface area contributed by atoms with E-state index < -0.39 is 5.54 Å². The lowest BCUT2D eigenvalue weighted by molar-refractivity contribution is -0.130. The molecule has 3 nitrogen and oxygen atoms in total. The zero-order chi connectivity index (χ0) is 14.6. The van der Waals surface area contributed by atoms with Gasteiger partial charge in [0.05, 0.1) is 5.54 Å². The van der Waals surface area contributed by atoms with E-state index in [1.165, 1.54) is 25.7 Å². The predicted molar refractivity (Wildman–Crippen MR) is 81.2 cm³/mol. The summed E-state index contributed by atoms with van der Waals surface area (Å²) < 4.78 is 0. The van der Waals surface area contributed by atoms with Gasteiger partial charge in [-0.05, 0) is 48.9 Å². The van der Waals surface area contributed by atoms with Gasteiger partial charge in [0.1, 0.15) is 0 Å². The van der Waals surface area contributed by atoms with E-state index >= 15 is 0 Å². The molecule has 0 heterocycles. The maximum absolute atomic E-state index is 12.7. The second-order valence-electron chi connectivity index (χ2n) is 8.54. The van der Waals surface area contributed by atoms with Crippen LogP contribution in [0, 0.1) is 16.7 Å². The zero-order valence-electron chi connectivity index (χ0n) is 13.3. The van der Waals surface area contributed by atoms with Crippen molar-refractivity contribution in [2.75, 3.05) is 0 Å². The number of nitrogens with two attached hydrogens (primary N) is 1. The summed E-state index contributed by atoms with van der Waals surface area (Å²) in [6.07, 6.45) is 8.96. The van der Waals surface area contributed by atoms with Crippen LogP contribution in [0.1, 0.15) is 72.1 Å². The summed E-state index contributed by atoms with van der Waals surface area (Å²) in [5.41, 5.74) is 6.30. The molecule has 3 fully saturated rings. The fourth-order valence-corrected chi connectivity index (χ4v) is 5.35. The maximum Gasteiger partial charge on any atom is 0.240 e. The highest BCUT2D eigenvalue weighted by atomic mass is 16.2. The van der Waals surface area contributed by atoms with E-state index in [0.29, 0.717) is 6.04 Å². The van der Waals surface area contributed by atoms with Gasteiger partial charge in [-0.2, -0.15) is 0 Å². The van der Waals surface area contributed by atoms with Gasteiger partial charge in [0.2, 0.25) is 5.91 Å². The van der Waals surface area contributed by atoms with Crippen molar-refractivity contribution in [2.24, 2.45) is 22.5 Å². The highest BCUT2D eigenvalue weighted by Crippen LogP contribution is 2.62. The first-order valence-electron chi connectivity index (χ1n) is 8.38. The Morgan fingerprint density at radius 1 is 1.10 bits per heavy atom. The van der Waals surface area contributed by atoms with Crippen LogP contribution in [0.3, 0.4) is 0 Å². The molecule has 0 spiro atoms. The number of hydrogen-bond donors (Lipinski definition) is 2. The molecule has 3 N–H and O–H groups in total. The van der Waals surface area contributed by atoms with Crippen molar-refractivity contribution in [1.82, 2.24) is 5.32 Å². The summed E-state index contributed by atoms with van der Waals surface area (Å²) in [6, 6.07) is 0.295. The van der Waals surface area contributed by atoms with E-state index in [1.54, 1.807) is 0 Å². The molecule has 0 saturated heterocycles. The average Bonchev–Trinajstić information content (AvgIpc) is 2.86. The summed E-state index contributed by atoms with van der Waals surface area (Å²) in [5, 5.41) is 3.39. The summed E-state index contributed by atoms with van der Waals surface area (Å²) in [7, 11) is 0. The van der Waals surface area contributed by atoms with Crippen LogP contribution in [0.4, 0.5) is 0 Å². The number of carbonyl (C=O) groups is 1. The van der Waals surface area contributed by atoms with E-state index in [4.69, 9.17) is 5.73 Å². The van der Waals surface area contributed by atoms with Gasteiger partial charge < -0.3 is 11.1 Å². The quantitative estimate of drug-likeness (QED) is 0.816. The average molecular weight is 278 g/mol. The lowest BCUT2D eigenvalue weighted by Gasteiger charge is -2.45. The van der Waals surface area contributed by atoms with Crippen LogP contribution >= 0.6 is 0 Å². The molecule has 0 aromatic carbocycles. The number of rotatable bonds is 2. The van der Waals surface area contributed by atoms with Gasteiger partial charge in [-0.15, -0.1) is 0 Å². The van der Waals surface area contributed by atoms with E-state index in [0.717, 1.165) is 31.6 Å². The van der Waals surface area contributed by atoms with E-state index in [-0.39, 0.29) is 16.7 Å². The Balaban J connectivity index is 1.75. The minimum Gasteiger partial charge on any atom is -0.351 e.